The molecule has 0 atom stereocenters. The highest BCUT2D eigenvalue weighted by Gasteiger charge is 2.16. The number of hydrogen-bond donors (Lipinski definition) is 2. The fourth-order valence-electron chi connectivity index (χ4n) is 1.64. The van der Waals surface area contributed by atoms with Crippen molar-refractivity contribution in [2.45, 2.75) is 4.90 Å². The second kappa shape index (κ2) is 5.92. The Bertz CT molecular complexity index is 771. The van der Waals surface area contributed by atoms with Crippen molar-refractivity contribution in [3.8, 4) is 0 Å². The summed E-state index contributed by atoms with van der Waals surface area (Å²) in [7, 11) is -3.79. The van der Waals surface area contributed by atoms with Crippen molar-refractivity contribution in [1.82, 2.24) is 0 Å². The lowest BCUT2D eigenvalue weighted by Crippen LogP contribution is -2.15. The number of carbonyl (C=O) groups is 1. The van der Waals surface area contributed by atoms with Crippen molar-refractivity contribution < 1.29 is 17.6 Å². The average Bonchev–Trinajstić information content (AvgIpc) is 2.38. The molecule has 1 amide bonds. The molecule has 0 saturated carbocycles. The standard InChI is InChI=1S/C13H10BrFN2O3S/c14-10-2-1-3-11(15)12(10)13(18)17-8-4-6-9(7-5-8)21(16,19)20/h1-7H,(H,17,18)(H2,16,19,20). The number of sulfonamides is 1. The molecule has 5 nitrogen and oxygen atoms in total. The van der Waals surface area contributed by atoms with E-state index in [2.05, 4.69) is 21.2 Å². The van der Waals surface area contributed by atoms with Crippen LogP contribution in [-0.4, -0.2) is 14.3 Å². The zero-order valence-corrected chi connectivity index (χ0v) is 12.9. The molecule has 0 aromatic heterocycles. The Morgan fingerprint density at radius 1 is 1.14 bits per heavy atom. The van der Waals surface area contributed by atoms with Gasteiger partial charge in [-0.25, -0.2) is 17.9 Å². The van der Waals surface area contributed by atoms with Gasteiger partial charge in [0, 0.05) is 10.2 Å². The van der Waals surface area contributed by atoms with E-state index in [9.17, 15) is 17.6 Å². The van der Waals surface area contributed by atoms with Gasteiger partial charge in [-0.2, -0.15) is 0 Å². The van der Waals surface area contributed by atoms with Crippen LogP contribution in [0, 0.1) is 5.82 Å². The molecule has 3 N–H and O–H groups in total. The number of nitrogens with one attached hydrogen (secondary N) is 1. The van der Waals surface area contributed by atoms with Crippen LogP contribution in [0.5, 0.6) is 0 Å². The lowest BCUT2D eigenvalue weighted by atomic mass is 10.2. The van der Waals surface area contributed by atoms with Crippen LogP contribution in [0.4, 0.5) is 10.1 Å². The Balaban J connectivity index is 2.24. The number of primary sulfonamides is 1. The van der Waals surface area contributed by atoms with E-state index in [1.54, 1.807) is 6.07 Å². The maximum absolute atomic E-state index is 13.6. The van der Waals surface area contributed by atoms with Crippen molar-refractivity contribution in [3.05, 3.63) is 58.3 Å². The van der Waals surface area contributed by atoms with Gasteiger partial charge in [0.05, 0.1) is 10.5 Å². The highest BCUT2D eigenvalue weighted by molar-refractivity contribution is 9.10. The maximum atomic E-state index is 13.6. The summed E-state index contributed by atoms with van der Waals surface area (Å²) in [5.41, 5.74) is 0.190. The lowest BCUT2D eigenvalue weighted by Gasteiger charge is -2.08. The molecule has 0 aliphatic carbocycles. The molecule has 0 fully saturated rings. The summed E-state index contributed by atoms with van der Waals surface area (Å²) in [6.07, 6.45) is 0. The Kier molecular flexibility index (Phi) is 4.40. The Morgan fingerprint density at radius 3 is 2.29 bits per heavy atom. The Hall–Kier alpha value is -1.77. The van der Waals surface area contributed by atoms with E-state index in [0.717, 1.165) is 0 Å². The molecule has 0 saturated heterocycles. The van der Waals surface area contributed by atoms with Crippen molar-refractivity contribution in [2.24, 2.45) is 5.14 Å². The molecule has 0 aliphatic heterocycles. The van der Waals surface area contributed by atoms with Crippen molar-refractivity contribution in [1.29, 1.82) is 0 Å². The Labute approximate surface area is 129 Å². The van der Waals surface area contributed by atoms with Crippen LogP contribution in [0.3, 0.4) is 0 Å². The molecule has 0 radical (unpaired) electrons. The molecule has 2 aromatic rings. The van der Waals surface area contributed by atoms with E-state index in [-0.39, 0.29) is 10.5 Å². The van der Waals surface area contributed by atoms with E-state index < -0.39 is 21.7 Å². The summed E-state index contributed by atoms with van der Waals surface area (Å²) in [5.74, 6) is -1.31. The summed E-state index contributed by atoms with van der Waals surface area (Å²) in [6.45, 7) is 0. The van der Waals surface area contributed by atoms with Gasteiger partial charge in [0.25, 0.3) is 5.91 Å². The molecule has 21 heavy (non-hydrogen) atoms. The van der Waals surface area contributed by atoms with E-state index in [0.29, 0.717) is 10.2 Å². The molecule has 0 spiro atoms. The molecule has 8 heteroatoms. The summed E-state index contributed by atoms with van der Waals surface area (Å²) in [6, 6.07) is 9.42. The second-order valence-corrected chi connectivity index (χ2v) is 6.54. The van der Waals surface area contributed by atoms with Crippen LogP contribution in [0.15, 0.2) is 51.8 Å². The molecule has 0 aliphatic rings. The fraction of sp³-hybridized carbons (Fsp3) is 0. The monoisotopic (exact) mass is 372 g/mol. The molecule has 110 valence electrons. The first-order chi connectivity index (χ1) is 9.79. The van der Waals surface area contributed by atoms with E-state index >= 15 is 0 Å². The molecule has 0 unspecified atom stereocenters. The maximum Gasteiger partial charge on any atom is 0.259 e. The number of anilines is 1. The predicted molar refractivity (Wildman–Crippen MR) is 79.9 cm³/mol. The number of nitrogens with two attached hydrogens (primary N) is 1. The van der Waals surface area contributed by atoms with Gasteiger partial charge in [-0.3, -0.25) is 4.79 Å². The van der Waals surface area contributed by atoms with Crippen LogP contribution in [0.25, 0.3) is 0 Å². The van der Waals surface area contributed by atoms with Gasteiger partial charge in [-0.1, -0.05) is 6.07 Å². The first-order valence-electron chi connectivity index (χ1n) is 5.67. The topological polar surface area (TPSA) is 89.3 Å². The number of amides is 1. The van der Waals surface area contributed by atoms with Gasteiger partial charge in [0.1, 0.15) is 5.82 Å². The highest BCUT2D eigenvalue weighted by atomic mass is 79.9. The molecular weight excluding hydrogens is 363 g/mol. The Morgan fingerprint density at radius 2 is 1.76 bits per heavy atom. The van der Waals surface area contributed by atoms with Crippen LogP contribution in [0.1, 0.15) is 10.4 Å². The molecule has 2 aromatic carbocycles. The molecule has 0 heterocycles. The lowest BCUT2D eigenvalue weighted by molar-refractivity contribution is 0.102. The van der Waals surface area contributed by atoms with Gasteiger partial charge in [-0.15, -0.1) is 0 Å². The summed E-state index contributed by atoms with van der Waals surface area (Å²) in [5, 5.41) is 7.44. The third-order valence-corrected chi connectivity index (χ3v) is 4.22. The van der Waals surface area contributed by atoms with E-state index in [1.165, 1.54) is 36.4 Å². The average molecular weight is 373 g/mol. The van der Waals surface area contributed by atoms with Crippen LogP contribution >= 0.6 is 15.9 Å². The van der Waals surface area contributed by atoms with Crippen molar-refractivity contribution >= 4 is 37.5 Å². The SMILES string of the molecule is NS(=O)(=O)c1ccc(NC(=O)c2c(F)cccc2Br)cc1. The minimum Gasteiger partial charge on any atom is -0.322 e. The smallest absolute Gasteiger partial charge is 0.259 e. The number of hydrogen-bond acceptors (Lipinski definition) is 3. The summed E-state index contributed by atoms with van der Waals surface area (Å²) >= 11 is 3.10. The zero-order chi connectivity index (χ0) is 15.6. The number of benzene rings is 2. The number of carbonyl (C=O) groups excluding carboxylic acids is 1. The molecule has 0 bridgehead atoms. The third-order valence-electron chi connectivity index (χ3n) is 2.63. The fourth-order valence-corrected chi connectivity index (χ4v) is 2.67. The first-order valence-corrected chi connectivity index (χ1v) is 8.01. The minimum atomic E-state index is -3.79. The summed E-state index contributed by atoms with van der Waals surface area (Å²) < 4.78 is 36.2. The highest BCUT2D eigenvalue weighted by Crippen LogP contribution is 2.21. The van der Waals surface area contributed by atoms with Gasteiger partial charge < -0.3 is 5.32 Å². The third kappa shape index (κ3) is 3.66. The van der Waals surface area contributed by atoms with E-state index in [1.807, 2.05) is 0 Å². The van der Waals surface area contributed by atoms with Gasteiger partial charge in [-0.05, 0) is 52.3 Å². The number of halogens is 2. The zero-order valence-electron chi connectivity index (χ0n) is 10.5. The van der Waals surface area contributed by atoms with Crippen LogP contribution in [0.2, 0.25) is 0 Å². The van der Waals surface area contributed by atoms with Crippen molar-refractivity contribution in [3.63, 3.8) is 0 Å². The summed E-state index contributed by atoms with van der Waals surface area (Å²) in [4.78, 5) is 11.9. The normalized spacial score (nSPS) is 11.2. The van der Waals surface area contributed by atoms with Crippen molar-refractivity contribution in [2.75, 3.05) is 5.32 Å². The predicted octanol–water partition coefficient (Wildman–Crippen LogP) is 2.49. The van der Waals surface area contributed by atoms with Crippen LogP contribution in [-0.2, 0) is 10.0 Å². The molecular formula is C13H10BrFN2O3S. The number of rotatable bonds is 3. The van der Waals surface area contributed by atoms with Gasteiger partial charge >= 0.3 is 0 Å². The quantitative estimate of drug-likeness (QED) is 0.866. The second-order valence-electron chi connectivity index (χ2n) is 4.12. The van der Waals surface area contributed by atoms with Gasteiger partial charge in [0.2, 0.25) is 10.0 Å². The van der Waals surface area contributed by atoms with Gasteiger partial charge in [0.15, 0.2) is 0 Å². The van der Waals surface area contributed by atoms with E-state index in [4.69, 9.17) is 5.14 Å². The van der Waals surface area contributed by atoms with Crippen LogP contribution < -0.4 is 10.5 Å². The minimum absolute atomic E-state index is 0.0763. The first kappa shape index (κ1) is 15.6. The largest absolute Gasteiger partial charge is 0.322 e. The molecule has 2 rings (SSSR count).